The van der Waals surface area contributed by atoms with E-state index in [0.717, 1.165) is 4.47 Å². The van der Waals surface area contributed by atoms with E-state index in [1.807, 2.05) is 13.8 Å². The summed E-state index contributed by atoms with van der Waals surface area (Å²) in [5, 5.41) is 0.572. The second-order valence-electron chi connectivity index (χ2n) is 5.55. The van der Waals surface area contributed by atoms with Crippen LogP contribution in [0.15, 0.2) is 46.9 Å². The minimum atomic E-state index is -0.505. The van der Waals surface area contributed by atoms with Crippen molar-refractivity contribution in [2.75, 3.05) is 6.61 Å². The third-order valence-corrected chi connectivity index (χ3v) is 3.79. The second kappa shape index (κ2) is 9.45. The molecule has 26 heavy (non-hydrogen) atoms. The summed E-state index contributed by atoms with van der Waals surface area (Å²) in [6.45, 7) is 3.47. The van der Waals surface area contributed by atoms with Crippen LogP contribution in [0, 0.1) is 0 Å². The highest BCUT2D eigenvalue weighted by atomic mass is 79.9. The molecule has 0 aliphatic carbocycles. The number of hydrogen-bond donors (Lipinski definition) is 2. The molecule has 2 aromatic carbocycles. The van der Waals surface area contributed by atoms with Crippen LogP contribution in [0.3, 0.4) is 0 Å². The van der Waals surface area contributed by atoms with E-state index in [1.54, 1.807) is 42.5 Å². The summed E-state index contributed by atoms with van der Waals surface area (Å²) in [7, 11) is 0. The number of nitrogens with one attached hydrogen (secondary N) is 2. The molecule has 0 bridgehead atoms. The van der Waals surface area contributed by atoms with Gasteiger partial charge in [-0.3, -0.25) is 20.4 Å². The van der Waals surface area contributed by atoms with Crippen molar-refractivity contribution < 1.29 is 19.1 Å². The van der Waals surface area contributed by atoms with Gasteiger partial charge in [0.05, 0.1) is 11.7 Å². The molecule has 0 aliphatic heterocycles. The molecule has 138 valence electrons. The summed E-state index contributed by atoms with van der Waals surface area (Å²) in [5.74, 6) is -0.0840. The highest BCUT2D eigenvalue weighted by molar-refractivity contribution is 9.10. The summed E-state index contributed by atoms with van der Waals surface area (Å²) >= 11 is 9.09. The van der Waals surface area contributed by atoms with Gasteiger partial charge in [-0.25, -0.2) is 0 Å². The number of hydrazine groups is 1. The largest absolute Gasteiger partial charge is 0.490 e. The van der Waals surface area contributed by atoms with Crippen molar-refractivity contribution in [2.45, 2.75) is 20.0 Å². The first-order valence-electron chi connectivity index (χ1n) is 7.79. The molecule has 0 aromatic heterocycles. The van der Waals surface area contributed by atoms with Crippen molar-refractivity contribution in [2.24, 2.45) is 0 Å². The number of carbonyl (C=O) groups is 2. The molecule has 0 fully saturated rings. The number of hydrogen-bond acceptors (Lipinski definition) is 4. The van der Waals surface area contributed by atoms with Gasteiger partial charge in [0.2, 0.25) is 0 Å². The topological polar surface area (TPSA) is 76.7 Å². The molecule has 0 saturated heterocycles. The molecule has 0 atom stereocenters. The fraction of sp³-hybridized carbons (Fsp3) is 0.222. The maximum Gasteiger partial charge on any atom is 0.276 e. The lowest BCUT2D eigenvalue weighted by Crippen LogP contribution is -2.44. The van der Waals surface area contributed by atoms with Gasteiger partial charge >= 0.3 is 0 Å². The number of benzene rings is 2. The lowest BCUT2D eigenvalue weighted by Gasteiger charge is -2.15. The first-order valence-corrected chi connectivity index (χ1v) is 8.96. The molecule has 0 heterocycles. The molecule has 2 aromatic rings. The van der Waals surface area contributed by atoms with Gasteiger partial charge in [-0.1, -0.05) is 27.5 Å². The molecule has 2 amide bonds. The SMILES string of the molecule is CC(C)Oc1ccc(Br)cc1C(=O)NNC(=O)COc1ccc(Cl)cc1. The number of carbonyl (C=O) groups excluding carboxylic acids is 2. The van der Waals surface area contributed by atoms with Crippen LogP contribution in [0.2, 0.25) is 5.02 Å². The third kappa shape index (κ3) is 6.24. The summed E-state index contributed by atoms with van der Waals surface area (Å²) < 4.78 is 11.6. The van der Waals surface area contributed by atoms with Gasteiger partial charge in [0.1, 0.15) is 11.5 Å². The van der Waals surface area contributed by atoms with E-state index in [9.17, 15) is 9.59 Å². The van der Waals surface area contributed by atoms with Crippen molar-refractivity contribution in [3.63, 3.8) is 0 Å². The van der Waals surface area contributed by atoms with Gasteiger partial charge < -0.3 is 9.47 Å². The molecular weight excluding hydrogens is 424 g/mol. The van der Waals surface area contributed by atoms with Gasteiger partial charge in [-0.2, -0.15) is 0 Å². The first kappa shape index (κ1) is 20.1. The summed E-state index contributed by atoms with van der Waals surface area (Å²) in [6.07, 6.45) is -0.0925. The Morgan fingerprint density at radius 2 is 1.81 bits per heavy atom. The van der Waals surface area contributed by atoms with Crippen molar-refractivity contribution in [3.8, 4) is 11.5 Å². The molecule has 0 radical (unpaired) electrons. The minimum Gasteiger partial charge on any atom is -0.490 e. The van der Waals surface area contributed by atoms with Crippen LogP contribution < -0.4 is 20.3 Å². The molecule has 0 saturated carbocycles. The normalized spacial score (nSPS) is 10.3. The number of rotatable bonds is 6. The minimum absolute atomic E-state index is 0.0925. The van der Waals surface area contributed by atoms with Gasteiger partial charge in [0, 0.05) is 9.50 Å². The predicted octanol–water partition coefficient (Wildman–Crippen LogP) is 3.73. The summed E-state index contributed by atoms with van der Waals surface area (Å²) in [4.78, 5) is 24.2. The average Bonchev–Trinajstić information content (AvgIpc) is 2.60. The van der Waals surface area contributed by atoms with Gasteiger partial charge in [-0.05, 0) is 56.3 Å². The van der Waals surface area contributed by atoms with Crippen LogP contribution in [0.1, 0.15) is 24.2 Å². The Bertz CT molecular complexity index is 781. The Morgan fingerprint density at radius 3 is 2.46 bits per heavy atom. The molecule has 0 unspecified atom stereocenters. The molecule has 6 nitrogen and oxygen atoms in total. The van der Waals surface area contributed by atoms with E-state index < -0.39 is 11.8 Å². The quantitative estimate of drug-likeness (QED) is 0.670. The van der Waals surface area contributed by atoms with Crippen molar-refractivity contribution in [3.05, 3.63) is 57.5 Å². The molecule has 2 rings (SSSR count). The van der Waals surface area contributed by atoms with E-state index in [0.29, 0.717) is 22.1 Å². The fourth-order valence-electron chi connectivity index (χ4n) is 1.95. The maximum absolute atomic E-state index is 12.3. The fourth-order valence-corrected chi connectivity index (χ4v) is 2.43. The van der Waals surface area contributed by atoms with E-state index in [1.165, 1.54) is 0 Å². The van der Waals surface area contributed by atoms with Crippen LogP contribution in [-0.2, 0) is 4.79 Å². The summed E-state index contributed by atoms with van der Waals surface area (Å²) in [5.41, 5.74) is 4.94. The van der Waals surface area contributed by atoms with Crippen molar-refractivity contribution >= 4 is 39.3 Å². The Balaban J connectivity index is 1.90. The maximum atomic E-state index is 12.3. The third-order valence-electron chi connectivity index (χ3n) is 3.05. The molecule has 2 N–H and O–H groups in total. The van der Waals surface area contributed by atoms with E-state index in [-0.39, 0.29) is 12.7 Å². The Labute approximate surface area is 164 Å². The van der Waals surface area contributed by atoms with Crippen LogP contribution in [0.4, 0.5) is 0 Å². The van der Waals surface area contributed by atoms with Crippen LogP contribution >= 0.6 is 27.5 Å². The molecular formula is C18H18BrClN2O4. The lowest BCUT2D eigenvalue weighted by atomic mass is 10.2. The number of halogens is 2. The van der Waals surface area contributed by atoms with E-state index in [2.05, 4.69) is 26.8 Å². The highest BCUT2D eigenvalue weighted by Gasteiger charge is 2.15. The number of ether oxygens (including phenoxy) is 2. The zero-order valence-corrected chi connectivity index (χ0v) is 16.6. The van der Waals surface area contributed by atoms with E-state index in [4.69, 9.17) is 21.1 Å². The standard InChI is InChI=1S/C18H18BrClN2O4/c1-11(2)26-16-8-3-12(19)9-15(16)18(24)22-21-17(23)10-25-14-6-4-13(20)5-7-14/h3-9,11H,10H2,1-2H3,(H,21,23)(H,22,24). The Hall–Kier alpha value is -2.25. The zero-order valence-electron chi connectivity index (χ0n) is 14.2. The molecule has 8 heteroatoms. The first-order chi connectivity index (χ1) is 12.3. The van der Waals surface area contributed by atoms with Crippen LogP contribution in [0.25, 0.3) is 0 Å². The molecule has 0 spiro atoms. The second-order valence-corrected chi connectivity index (χ2v) is 6.90. The predicted molar refractivity (Wildman–Crippen MR) is 102 cm³/mol. The number of amides is 2. The summed E-state index contributed by atoms with van der Waals surface area (Å²) in [6, 6.07) is 11.7. The average molecular weight is 442 g/mol. The zero-order chi connectivity index (χ0) is 19.1. The van der Waals surface area contributed by atoms with Gasteiger partial charge in [0.25, 0.3) is 11.8 Å². The van der Waals surface area contributed by atoms with Crippen molar-refractivity contribution in [1.29, 1.82) is 0 Å². The highest BCUT2D eigenvalue weighted by Crippen LogP contribution is 2.24. The van der Waals surface area contributed by atoms with Crippen LogP contribution in [-0.4, -0.2) is 24.5 Å². The van der Waals surface area contributed by atoms with Gasteiger partial charge in [0.15, 0.2) is 6.61 Å². The smallest absolute Gasteiger partial charge is 0.276 e. The van der Waals surface area contributed by atoms with Crippen molar-refractivity contribution in [1.82, 2.24) is 10.9 Å². The molecule has 0 aliphatic rings. The van der Waals surface area contributed by atoms with E-state index >= 15 is 0 Å². The van der Waals surface area contributed by atoms with Gasteiger partial charge in [-0.15, -0.1) is 0 Å². The lowest BCUT2D eigenvalue weighted by molar-refractivity contribution is -0.123. The Kier molecular flexibility index (Phi) is 7.29. The monoisotopic (exact) mass is 440 g/mol. The van der Waals surface area contributed by atoms with Crippen LogP contribution in [0.5, 0.6) is 11.5 Å². The Morgan fingerprint density at radius 1 is 1.12 bits per heavy atom.